The first-order valence-corrected chi connectivity index (χ1v) is 9.11. The van der Waals surface area contributed by atoms with Gasteiger partial charge in [-0.3, -0.25) is 4.79 Å². The van der Waals surface area contributed by atoms with E-state index in [9.17, 15) is 4.79 Å². The molecule has 0 aromatic carbocycles. The molecule has 0 radical (unpaired) electrons. The molecule has 0 aliphatic carbocycles. The second-order valence-corrected chi connectivity index (χ2v) is 6.99. The van der Waals surface area contributed by atoms with Crippen molar-refractivity contribution in [2.75, 3.05) is 44.2 Å². The molecule has 0 saturated carbocycles. The van der Waals surface area contributed by atoms with Gasteiger partial charge in [0.2, 0.25) is 5.91 Å². The second-order valence-electron chi connectivity index (χ2n) is 6.99. The number of piperazine rings is 1. The molecular formula is C17H27Cl2N7O. The molecule has 2 aliphatic rings. The highest BCUT2D eigenvalue weighted by molar-refractivity contribution is 5.85. The minimum Gasteiger partial charge on any atom is -0.353 e. The molecular weight excluding hydrogens is 389 g/mol. The van der Waals surface area contributed by atoms with Gasteiger partial charge in [0.05, 0.1) is 0 Å². The number of fused-ring (bicyclic) bond motifs is 1. The van der Waals surface area contributed by atoms with Crippen molar-refractivity contribution in [3.63, 3.8) is 0 Å². The van der Waals surface area contributed by atoms with Crippen LogP contribution < -0.4 is 10.2 Å². The predicted molar refractivity (Wildman–Crippen MR) is 109 cm³/mol. The van der Waals surface area contributed by atoms with E-state index < -0.39 is 0 Å². The number of anilines is 1. The zero-order valence-corrected chi connectivity index (χ0v) is 17.1. The van der Waals surface area contributed by atoms with Gasteiger partial charge in [0.1, 0.15) is 12.1 Å². The lowest BCUT2D eigenvalue weighted by Gasteiger charge is -2.36. The predicted octanol–water partition coefficient (Wildman–Crippen LogP) is 1.31. The Morgan fingerprint density at radius 1 is 1.26 bits per heavy atom. The van der Waals surface area contributed by atoms with E-state index in [1.165, 1.54) is 12.7 Å². The van der Waals surface area contributed by atoms with E-state index in [4.69, 9.17) is 0 Å². The van der Waals surface area contributed by atoms with E-state index in [0.717, 1.165) is 57.2 Å². The van der Waals surface area contributed by atoms with E-state index in [1.54, 1.807) is 4.52 Å². The number of aromatic nitrogens is 4. The third-order valence-corrected chi connectivity index (χ3v) is 5.25. The number of halogens is 2. The van der Waals surface area contributed by atoms with Gasteiger partial charge in [0, 0.05) is 44.4 Å². The van der Waals surface area contributed by atoms with Gasteiger partial charge in [-0.1, -0.05) is 0 Å². The van der Waals surface area contributed by atoms with Crippen molar-refractivity contribution >= 4 is 42.3 Å². The summed E-state index contributed by atoms with van der Waals surface area (Å²) < 4.78 is 1.78. The fourth-order valence-corrected chi connectivity index (χ4v) is 3.77. The lowest BCUT2D eigenvalue weighted by molar-refractivity contribution is -0.131. The summed E-state index contributed by atoms with van der Waals surface area (Å²) in [6.07, 6.45) is 4.42. The minimum absolute atomic E-state index is 0. The first kappa shape index (κ1) is 21.7. The number of hydrogen-bond donors (Lipinski definition) is 1. The molecule has 1 N–H and O–H groups in total. The van der Waals surface area contributed by atoms with Crippen LogP contribution in [-0.2, 0) is 4.79 Å². The highest BCUT2D eigenvalue weighted by Crippen LogP contribution is 2.19. The molecule has 0 bridgehead atoms. The summed E-state index contributed by atoms with van der Waals surface area (Å²) in [6.45, 7) is 7.29. The van der Waals surface area contributed by atoms with E-state index in [-0.39, 0.29) is 24.8 Å². The van der Waals surface area contributed by atoms with Crippen LogP contribution in [0.3, 0.4) is 0 Å². The molecule has 10 heteroatoms. The fraction of sp³-hybridized carbons (Fsp3) is 0.647. The lowest BCUT2D eigenvalue weighted by Crippen LogP contribution is -2.49. The Morgan fingerprint density at radius 2 is 2.04 bits per heavy atom. The molecule has 1 unspecified atom stereocenters. The summed E-state index contributed by atoms with van der Waals surface area (Å²) in [7, 11) is 0. The smallest absolute Gasteiger partial charge is 0.254 e. The van der Waals surface area contributed by atoms with Crippen LogP contribution in [0.15, 0.2) is 12.4 Å². The summed E-state index contributed by atoms with van der Waals surface area (Å²) in [5.74, 6) is 2.59. The standard InChI is InChI=1S/C17H25N7O.2ClH/c1-13-10-15(24-17(21-13)19-12-20-24)22-6-8-23(9-7-22)16(25)3-2-14-4-5-18-11-14;;/h10,12,14,18H,2-9,11H2,1H3;2*1H. The zero-order chi connectivity index (χ0) is 17.2. The number of amides is 1. The Labute approximate surface area is 171 Å². The van der Waals surface area contributed by atoms with Crippen molar-refractivity contribution in [1.82, 2.24) is 29.8 Å². The molecule has 2 aromatic heterocycles. The van der Waals surface area contributed by atoms with Gasteiger partial charge >= 0.3 is 0 Å². The Balaban J connectivity index is 0.00000131. The first-order chi connectivity index (χ1) is 12.2. The highest BCUT2D eigenvalue weighted by atomic mass is 35.5. The molecule has 1 amide bonds. The van der Waals surface area contributed by atoms with Crippen LogP contribution in [0, 0.1) is 12.8 Å². The SMILES string of the molecule is Cc1cc(N2CCN(C(=O)CCC3CCNC3)CC2)n2ncnc2n1.Cl.Cl. The molecule has 1 atom stereocenters. The minimum atomic E-state index is 0. The molecule has 27 heavy (non-hydrogen) atoms. The van der Waals surface area contributed by atoms with Gasteiger partial charge in [0.25, 0.3) is 5.78 Å². The van der Waals surface area contributed by atoms with Crippen molar-refractivity contribution in [2.45, 2.75) is 26.2 Å². The number of rotatable bonds is 4. The summed E-state index contributed by atoms with van der Waals surface area (Å²) in [6, 6.07) is 2.03. The van der Waals surface area contributed by atoms with Gasteiger partial charge in [-0.05, 0) is 38.8 Å². The molecule has 2 aliphatic heterocycles. The third kappa shape index (κ3) is 4.80. The zero-order valence-electron chi connectivity index (χ0n) is 15.5. The van der Waals surface area contributed by atoms with Crippen molar-refractivity contribution in [3.8, 4) is 0 Å². The second kappa shape index (κ2) is 9.52. The first-order valence-electron chi connectivity index (χ1n) is 9.11. The van der Waals surface area contributed by atoms with E-state index >= 15 is 0 Å². The number of nitrogens with zero attached hydrogens (tertiary/aromatic N) is 6. The number of carbonyl (C=O) groups excluding carboxylic acids is 1. The van der Waals surface area contributed by atoms with Gasteiger partial charge in [0.15, 0.2) is 0 Å². The molecule has 150 valence electrons. The fourth-order valence-electron chi connectivity index (χ4n) is 3.77. The van der Waals surface area contributed by atoms with Crippen molar-refractivity contribution in [2.24, 2.45) is 5.92 Å². The monoisotopic (exact) mass is 415 g/mol. The van der Waals surface area contributed by atoms with Gasteiger partial charge in [-0.25, -0.2) is 4.98 Å². The van der Waals surface area contributed by atoms with Crippen molar-refractivity contribution < 1.29 is 4.79 Å². The lowest BCUT2D eigenvalue weighted by atomic mass is 10.0. The van der Waals surface area contributed by atoms with Gasteiger partial charge in [-0.2, -0.15) is 14.6 Å². The molecule has 2 fully saturated rings. The van der Waals surface area contributed by atoms with Crippen LogP contribution in [0.25, 0.3) is 5.78 Å². The molecule has 2 aromatic rings. The van der Waals surface area contributed by atoms with Crippen LogP contribution in [0.1, 0.15) is 25.0 Å². The average molecular weight is 416 g/mol. The quantitative estimate of drug-likeness (QED) is 0.810. The number of hydrogen-bond acceptors (Lipinski definition) is 6. The molecule has 4 heterocycles. The molecule has 2 saturated heterocycles. The molecule has 4 rings (SSSR count). The normalized spacial score (nSPS) is 19.7. The number of carbonyl (C=O) groups is 1. The summed E-state index contributed by atoms with van der Waals surface area (Å²) in [4.78, 5) is 25.3. The molecule has 8 nitrogen and oxygen atoms in total. The van der Waals surface area contributed by atoms with Gasteiger partial charge in [-0.15, -0.1) is 24.8 Å². The maximum atomic E-state index is 12.5. The Bertz CT molecular complexity index is 755. The van der Waals surface area contributed by atoms with Crippen LogP contribution >= 0.6 is 24.8 Å². The Hall–Kier alpha value is -1.64. The average Bonchev–Trinajstić information content (AvgIpc) is 3.30. The largest absolute Gasteiger partial charge is 0.353 e. The Morgan fingerprint density at radius 3 is 2.74 bits per heavy atom. The summed E-state index contributed by atoms with van der Waals surface area (Å²) in [5, 5.41) is 7.64. The highest BCUT2D eigenvalue weighted by Gasteiger charge is 2.24. The topological polar surface area (TPSA) is 78.7 Å². The summed E-state index contributed by atoms with van der Waals surface area (Å²) >= 11 is 0. The Kier molecular flexibility index (Phi) is 7.64. The maximum absolute atomic E-state index is 12.5. The van der Waals surface area contributed by atoms with Crippen LogP contribution in [0.5, 0.6) is 0 Å². The number of aryl methyl sites for hydroxylation is 1. The van der Waals surface area contributed by atoms with Crippen molar-refractivity contribution in [3.05, 3.63) is 18.1 Å². The van der Waals surface area contributed by atoms with Gasteiger partial charge < -0.3 is 15.1 Å². The third-order valence-electron chi connectivity index (χ3n) is 5.25. The van der Waals surface area contributed by atoms with Crippen LogP contribution in [0.2, 0.25) is 0 Å². The molecule has 0 spiro atoms. The maximum Gasteiger partial charge on any atom is 0.254 e. The van der Waals surface area contributed by atoms with Crippen LogP contribution in [-0.4, -0.2) is 69.7 Å². The van der Waals surface area contributed by atoms with Crippen LogP contribution in [0.4, 0.5) is 5.82 Å². The van der Waals surface area contributed by atoms with E-state index in [2.05, 4.69) is 25.3 Å². The number of nitrogens with one attached hydrogen (secondary N) is 1. The van der Waals surface area contributed by atoms with E-state index in [0.29, 0.717) is 24.0 Å². The van der Waals surface area contributed by atoms with E-state index in [1.807, 2.05) is 17.9 Å². The summed E-state index contributed by atoms with van der Waals surface area (Å²) in [5.41, 5.74) is 0.930. The van der Waals surface area contributed by atoms with Crippen molar-refractivity contribution in [1.29, 1.82) is 0 Å².